The number of carbonyl (C=O) groups excluding carboxylic acids is 2. The first-order chi connectivity index (χ1) is 10.9. The number of aryl methyl sites for hydroxylation is 1. The first-order valence-corrected chi connectivity index (χ1v) is 7.72. The molecule has 2 atom stereocenters. The van der Waals surface area contributed by atoms with Crippen LogP contribution in [0.5, 0.6) is 5.75 Å². The van der Waals surface area contributed by atoms with Crippen LogP contribution in [0.15, 0.2) is 24.3 Å². The summed E-state index contributed by atoms with van der Waals surface area (Å²) >= 11 is 0. The topological polar surface area (TPSA) is 65.1 Å². The van der Waals surface area contributed by atoms with E-state index in [-0.39, 0.29) is 31.3 Å². The second-order valence-corrected chi connectivity index (χ2v) is 5.82. The molecule has 1 aromatic rings. The zero-order chi connectivity index (χ0) is 16.8. The van der Waals surface area contributed by atoms with E-state index in [1.807, 2.05) is 39.0 Å². The molecule has 0 unspecified atom stereocenters. The summed E-state index contributed by atoms with van der Waals surface area (Å²) in [5.41, 5.74) is 1.04. The van der Waals surface area contributed by atoms with Crippen LogP contribution in [0.2, 0.25) is 0 Å². The van der Waals surface area contributed by atoms with Crippen molar-refractivity contribution in [2.75, 3.05) is 26.3 Å². The minimum absolute atomic E-state index is 0.0111. The van der Waals surface area contributed by atoms with E-state index < -0.39 is 5.97 Å². The largest absolute Gasteiger partial charge is 0.482 e. The van der Waals surface area contributed by atoms with E-state index >= 15 is 0 Å². The molecule has 126 valence electrons. The van der Waals surface area contributed by atoms with Crippen LogP contribution < -0.4 is 4.74 Å². The Labute approximate surface area is 136 Å². The molecule has 0 spiro atoms. The lowest BCUT2D eigenvalue weighted by atomic mass is 10.2. The van der Waals surface area contributed by atoms with Gasteiger partial charge < -0.3 is 19.1 Å². The Kier molecular flexibility index (Phi) is 5.98. The zero-order valence-electron chi connectivity index (χ0n) is 13.8. The molecule has 6 nitrogen and oxygen atoms in total. The van der Waals surface area contributed by atoms with Crippen molar-refractivity contribution in [2.45, 2.75) is 33.0 Å². The van der Waals surface area contributed by atoms with Crippen LogP contribution in [0.3, 0.4) is 0 Å². The lowest BCUT2D eigenvalue weighted by molar-refractivity contribution is -0.158. The predicted octanol–water partition coefficient (Wildman–Crippen LogP) is 1.55. The van der Waals surface area contributed by atoms with E-state index in [0.717, 1.165) is 5.56 Å². The van der Waals surface area contributed by atoms with E-state index in [9.17, 15) is 9.59 Å². The van der Waals surface area contributed by atoms with Crippen LogP contribution in [-0.4, -0.2) is 55.3 Å². The molecular formula is C17H23NO5. The van der Waals surface area contributed by atoms with E-state index in [4.69, 9.17) is 14.2 Å². The number of esters is 1. The highest BCUT2D eigenvalue weighted by atomic mass is 16.6. The van der Waals surface area contributed by atoms with Crippen molar-refractivity contribution in [3.8, 4) is 5.75 Å². The van der Waals surface area contributed by atoms with Crippen molar-refractivity contribution in [1.29, 1.82) is 0 Å². The zero-order valence-corrected chi connectivity index (χ0v) is 13.8. The van der Waals surface area contributed by atoms with Crippen molar-refractivity contribution in [2.24, 2.45) is 0 Å². The number of morpholine rings is 1. The number of nitrogens with zero attached hydrogens (tertiary/aromatic N) is 1. The van der Waals surface area contributed by atoms with E-state index in [1.54, 1.807) is 11.0 Å². The van der Waals surface area contributed by atoms with Crippen molar-refractivity contribution in [3.63, 3.8) is 0 Å². The van der Waals surface area contributed by atoms with Gasteiger partial charge in [0.15, 0.2) is 13.2 Å². The molecule has 0 radical (unpaired) electrons. The van der Waals surface area contributed by atoms with Gasteiger partial charge in [0, 0.05) is 13.1 Å². The molecular weight excluding hydrogens is 298 g/mol. The quantitative estimate of drug-likeness (QED) is 0.770. The molecule has 1 aliphatic heterocycles. The Balaban J connectivity index is 1.72. The molecule has 1 aromatic carbocycles. The van der Waals surface area contributed by atoms with Crippen LogP contribution in [0.25, 0.3) is 0 Å². The van der Waals surface area contributed by atoms with Crippen molar-refractivity contribution in [3.05, 3.63) is 29.8 Å². The maximum atomic E-state index is 12.1. The van der Waals surface area contributed by atoms with Crippen LogP contribution in [0.1, 0.15) is 19.4 Å². The number of ether oxygens (including phenoxy) is 3. The fourth-order valence-electron chi connectivity index (χ4n) is 2.50. The number of carbonyl (C=O) groups is 2. The summed E-state index contributed by atoms with van der Waals surface area (Å²) in [5, 5.41) is 0. The fraction of sp³-hybridized carbons (Fsp3) is 0.529. The number of amides is 1. The first-order valence-electron chi connectivity index (χ1n) is 7.72. The maximum Gasteiger partial charge on any atom is 0.344 e. The van der Waals surface area contributed by atoms with Gasteiger partial charge in [-0.05, 0) is 38.5 Å². The van der Waals surface area contributed by atoms with Crippen molar-refractivity contribution < 1.29 is 23.8 Å². The Morgan fingerprint density at radius 2 is 1.91 bits per heavy atom. The van der Waals surface area contributed by atoms with Gasteiger partial charge in [0.25, 0.3) is 5.91 Å². The normalized spacial score (nSPS) is 20.9. The monoisotopic (exact) mass is 321 g/mol. The summed E-state index contributed by atoms with van der Waals surface area (Å²) in [7, 11) is 0. The molecule has 23 heavy (non-hydrogen) atoms. The summed E-state index contributed by atoms with van der Waals surface area (Å²) in [4.78, 5) is 25.4. The Hall–Kier alpha value is -2.08. The molecule has 1 heterocycles. The highest BCUT2D eigenvalue weighted by molar-refractivity contribution is 5.81. The van der Waals surface area contributed by atoms with E-state index in [2.05, 4.69) is 0 Å². The molecule has 2 rings (SSSR count). The summed E-state index contributed by atoms with van der Waals surface area (Å²) in [5.74, 6) is -0.172. The van der Waals surface area contributed by atoms with Crippen LogP contribution in [0, 0.1) is 6.92 Å². The molecule has 0 aromatic heterocycles. The second-order valence-electron chi connectivity index (χ2n) is 5.82. The van der Waals surface area contributed by atoms with Crippen molar-refractivity contribution in [1.82, 2.24) is 4.90 Å². The Morgan fingerprint density at radius 1 is 1.22 bits per heavy atom. The number of hydrogen-bond acceptors (Lipinski definition) is 5. The summed E-state index contributed by atoms with van der Waals surface area (Å²) < 4.78 is 15.9. The van der Waals surface area contributed by atoms with Gasteiger partial charge >= 0.3 is 5.97 Å². The molecule has 1 fully saturated rings. The number of hydrogen-bond donors (Lipinski definition) is 0. The minimum Gasteiger partial charge on any atom is -0.482 e. The maximum absolute atomic E-state index is 12.1. The summed E-state index contributed by atoms with van der Waals surface area (Å²) in [6.07, 6.45) is -0.0221. The fourth-order valence-corrected chi connectivity index (χ4v) is 2.50. The minimum atomic E-state index is -0.561. The van der Waals surface area contributed by atoms with Gasteiger partial charge in [-0.2, -0.15) is 0 Å². The summed E-state index contributed by atoms with van der Waals surface area (Å²) in [6, 6.07) is 7.38. The summed E-state index contributed by atoms with van der Waals surface area (Å²) in [6.45, 7) is 6.31. The molecule has 1 saturated heterocycles. The van der Waals surface area contributed by atoms with Crippen LogP contribution >= 0.6 is 0 Å². The molecule has 6 heteroatoms. The average molecular weight is 321 g/mol. The van der Waals surface area contributed by atoms with Gasteiger partial charge in [-0.15, -0.1) is 0 Å². The van der Waals surface area contributed by atoms with Gasteiger partial charge in [0.05, 0.1) is 12.2 Å². The Morgan fingerprint density at radius 3 is 2.57 bits per heavy atom. The Bertz CT molecular complexity index is 550. The number of benzene rings is 1. The van der Waals surface area contributed by atoms with Gasteiger partial charge in [0.2, 0.25) is 0 Å². The van der Waals surface area contributed by atoms with E-state index in [0.29, 0.717) is 18.8 Å². The lowest BCUT2D eigenvalue weighted by Gasteiger charge is -2.35. The molecule has 0 N–H and O–H groups in total. The van der Waals surface area contributed by atoms with Gasteiger partial charge in [0.1, 0.15) is 5.75 Å². The standard InChI is InChI=1S/C17H23NO5/c1-12-5-4-6-15(7-12)21-11-17(20)22-10-16(19)18-8-13(2)23-14(3)9-18/h4-7,13-14H,8-11H2,1-3H3/t13-,14-/m0/s1. The third kappa shape index (κ3) is 5.56. The third-order valence-corrected chi connectivity index (χ3v) is 3.48. The van der Waals surface area contributed by atoms with E-state index in [1.165, 1.54) is 0 Å². The van der Waals surface area contributed by atoms with Crippen molar-refractivity contribution >= 4 is 11.9 Å². The van der Waals surface area contributed by atoms with Gasteiger partial charge in [-0.3, -0.25) is 4.79 Å². The molecule has 0 bridgehead atoms. The average Bonchev–Trinajstić information content (AvgIpc) is 2.49. The van der Waals surface area contributed by atoms with Crippen LogP contribution in [0.4, 0.5) is 0 Å². The van der Waals surface area contributed by atoms with Crippen LogP contribution in [-0.2, 0) is 19.1 Å². The van der Waals surface area contributed by atoms with Gasteiger partial charge in [-0.25, -0.2) is 4.79 Å². The molecule has 0 saturated carbocycles. The lowest BCUT2D eigenvalue weighted by Crippen LogP contribution is -2.49. The van der Waals surface area contributed by atoms with Gasteiger partial charge in [-0.1, -0.05) is 12.1 Å². The molecule has 1 aliphatic rings. The SMILES string of the molecule is Cc1cccc(OCC(=O)OCC(=O)N2C[C@H](C)O[C@@H](C)C2)c1. The predicted molar refractivity (Wildman–Crippen MR) is 84.2 cm³/mol. The second kappa shape index (κ2) is 7.97. The third-order valence-electron chi connectivity index (χ3n) is 3.48. The highest BCUT2D eigenvalue weighted by Gasteiger charge is 2.26. The molecule has 0 aliphatic carbocycles. The molecule has 1 amide bonds. The smallest absolute Gasteiger partial charge is 0.344 e. The highest BCUT2D eigenvalue weighted by Crippen LogP contribution is 2.12. The number of rotatable bonds is 5. The first kappa shape index (κ1) is 17.3.